The first kappa shape index (κ1) is 11.6. The van der Waals surface area contributed by atoms with Gasteiger partial charge in [-0.05, 0) is 12.2 Å². The van der Waals surface area contributed by atoms with Gasteiger partial charge in [0.05, 0.1) is 6.26 Å². The van der Waals surface area contributed by atoms with E-state index in [0.29, 0.717) is 0 Å². The number of nitrogens with zero attached hydrogens (tertiary/aromatic N) is 1. The molecule has 15 heavy (non-hydrogen) atoms. The summed E-state index contributed by atoms with van der Waals surface area (Å²) in [7, 11) is -5.74. The maximum absolute atomic E-state index is 11.8. The van der Waals surface area contributed by atoms with Crippen LogP contribution in [-0.2, 0) is 19.0 Å². The van der Waals surface area contributed by atoms with Gasteiger partial charge in [-0.3, -0.25) is 0 Å². The molecule has 0 bridgehead atoms. The van der Waals surface area contributed by atoms with Crippen LogP contribution in [0.25, 0.3) is 0 Å². The largest absolute Gasteiger partial charge is 0.534 e. The molecule has 1 rings (SSSR count). The molecular formula is C6H4F3NO4S. The highest BCUT2D eigenvalue weighted by Gasteiger charge is 2.49. The number of hydrogen-bond acceptors (Lipinski definition) is 5. The molecule has 84 valence electrons. The molecule has 0 radical (unpaired) electrons. The first-order chi connectivity index (χ1) is 6.83. The molecule has 0 atom stereocenters. The summed E-state index contributed by atoms with van der Waals surface area (Å²) in [5.41, 5.74) is -5.52. The SMILES string of the molecule is O=S(=O)(OC1=NC=CC=CO1)C(F)(F)F. The Morgan fingerprint density at radius 1 is 1.33 bits per heavy atom. The van der Waals surface area contributed by atoms with E-state index in [1.54, 1.807) is 0 Å². The van der Waals surface area contributed by atoms with E-state index in [4.69, 9.17) is 0 Å². The number of alkyl halides is 3. The van der Waals surface area contributed by atoms with Crippen molar-refractivity contribution in [2.45, 2.75) is 5.51 Å². The Morgan fingerprint density at radius 2 is 2.00 bits per heavy atom. The van der Waals surface area contributed by atoms with Gasteiger partial charge >= 0.3 is 21.7 Å². The van der Waals surface area contributed by atoms with Gasteiger partial charge in [0.15, 0.2) is 0 Å². The van der Waals surface area contributed by atoms with Crippen LogP contribution in [0.5, 0.6) is 0 Å². The first-order valence-electron chi connectivity index (χ1n) is 3.40. The van der Waals surface area contributed by atoms with Crippen molar-refractivity contribution in [1.82, 2.24) is 0 Å². The number of aliphatic imine (C=N–C) groups is 1. The lowest BCUT2D eigenvalue weighted by Crippen LogP contribution is -2.28. The second-order valence-corrected chi connectivity index (χ2v) is 3.70. The van der Waals surface area contributed by atoms with E-state index >= 15 is 0 Å². The number of rotatable bonds is 1. The zero-order chi connectivity index (χ0) is 11.5. The van der Waals surface area contributed by atoms with E-state index < -0.39 is 21.7 Å². The van der Waals surface area contributed by atoms with Gasteiger partial charge in [-0.1, -0.05) is 0 Å². The Kier molecular flexibility index (Phi) is 3.03. The predicted molar refractivity (Wildman–Crippen MR) is 42.9 cm³/mol. The standard InChI is InChI=1S/C6H4F3NO4S/c7-6(8,9)15(11,12)14-5-10-3-1-2-4-13-5/h1-4H. The van der Waals surface area contributed by atoms with Gasteiger partial charge in [-0.2, -0.15) is 26.6 Å². The minimum absolute atomic E-state index is 0.925. The van der Waals surface area contributed by atoms with Gasteiger partial charge in [-0.15, -0.1) is 0 Å². The van der Waals surface area contributed by atoms with E-state index in [-0.39, 0.29) is 0 Å². The van der Waals surface area contributed by atoms with Gasteiger partial charge in [0.1, 0.15) is 0 Å². The second kappa shape index (κ2) is 3.93. The molecule has 1 aliphatic heterocycles. The molecule has 0 spiro atoms. The van der Waals surface area contributed by atoms with Crippen molar-refractivity contribution in [3.05, 3.63) is 24.6 Å². The monoisotopic (exact) mass is 243 g/mol. The summed E-state index contributed by atoms with van der Waals surface area (Å²) in [4.78, 5) is 3.17. The lowest BCUT2D eigenvalue weighted by atomic mass is 10.6. The zero-order valence-electron chi connectivity index (χ0n) is 6.93. The number of ether oxygens (including phenoxy) is 1. The van der Waals surface area contributed by atoms with Gasteiger partial charge in [0, 0.05) is 6.20 Å². The Balaban J connectivity index is 2.83. The molecule has 0 N–H and O–H groups in total. The van der Waals surface area contributed by atoms with E-state index in [0.717, 1.165) is 12.5 Å². The van der Waals surface area contributed by atoms with Crippen molar-refractivity contribution in [1.29, 1.82) is 0 Å². The number of halogens is 3. The van der Waals surface area contributed by atoms with Gasteiger partial charge in [0.2, 0.25) is 0 Å². The van der Waals surface area contributed by atoms with Crippen LogP contribution in [0, 0.1) is 0 Å². The summed E-state index contributed by atoms with van der Waals surface area (Å²) in [6.07, 6.45) is 3.53. The van der Waals surface area contributed by atoms with Crippen LogP contribution in [0.2, 0.25) is 0 Å². The van der Waals surface area contributed by atoms with Crippen molar-refractivity contribution < 1.29 is 30.5 Å². The topological polar surface area (TPSA) is 65.0 Å². The summed E-state index contributed by atoms with van der Waals surface area (Å²) in [6.45, 7) is 0. The number of allylic oxidation sites excluding steroid dienone is 2. The normalized spacial score (nSPS) is 16.6. The molecule has 0 saturated heterocycles. The molecule has 0 aromatic heterocycles. The summed E-state index contributed by atoms with van der Waals surface area (Å²) in [5, 5.41) is 0. The van der Waals surface area contributed by atoms with Crippen molar-refractivity contribution in [3.8, 4) is 0 Å². The van der Waals surface area contributed by atoms with Crippen LogP contribution >= 0.6 is 0 Å². The smallest absolute Gasteiger partial charge is 0.418 e. The molecule has 0 fully saturated rings. The minimum Gasteiger partial charge on any atom is -0.418 e. The molecule has 0 unspecified atom stereocenters. The predicted octanol–water partition coefficient (Wildman–Crippen LogP) is 1.27. The average molecular weight is 243 g/mol. The molecule has 5 nitrogen and oxygen atoms in total. The minimum atomic E-state index is -5.74. The lowest BCUT2D eigenvalue weighted by molar-refractivity contribution is -0.0512. The molecule has 0 aromatic rings. The van der Waals surface area contributed by atoms with Gasteiger partial charge < -0.3 is 8.92 Å². The van der Waals surface area contributed by atoms with Crippen molar-refractivity contribution in [2.24, 2.45) is 4.99 Å². The van der Waals surface area contributed by atoms with Crippen LogP contribution in [0.15, 0.2) is 29.6 Å². The maximum atomic E-state index is 11.8. The average Bonchev–Trinajstić information content (AvgIpc) is 2.30. The molecule has 0 amide bonds. The Hall–Kier alpha value is -1.51. The van der Waals surface area contributed by atoms with Gasteiger partial charge in [-0.25, -0.2) is 0 Å². The van der Waals surface area contributed by atoms with Crippen molar-refractivity contribution >= 4 is 16.2 Å². The van der Waals surface area contributed by atoms with E-state index in [9.17, 15) is 21.6 Å². The molecular weight excluding hydrogens is 239 g/mol. The van der Waals surface area contributed by atoms with E-state index in [2.05, 4.69) is 13.9 Å². The van der Waals surface area contributed by atoms with Crippen LogP contribution in [0.3, 0.4) is 0 Å². The molecule has 0 aromatic carbocycles. The molecule has 0 saturated carbocycles. The fourth-order valence-corrected chi connectivity index (χ4v) is 0.874. The second-order valence-electron chi connectivity index (χ2n) is 2.17. The highest BCUT2D eigenvalue weighted by molar-refractivity contribution is 7.88. The molecule has 1 aliphatic rings. The van der Waals surface area contributed by atoms with Crippen LogP contribution < -0.4 is 0 Å². The number of hydrogen-bond donors (Lipinski definition) is 0. The summed E-state index contributed by atoms with van der Waals surface area (Å²) in [5.74, 6) is 0. The van der Waals surface area contributed by atoms with Gasteiger partial charge in [0.25, 0.3) is 0 Å². The lowest BCUT2D eigenvalue weighted by Gasteiger charge is -2.08. The molecule has 9 heteroatoms. The van der Waals surface area contributed by atoms with Crippen LogP contribution in [0.4, 0.5) is 13.2 Å². The Morgan fingerprint density at radius 3 is 2.60 bits per heavy atom. The van der Waals surface area contributed by atoms with Crippen LogP contribution in [0.1, 0.15) is 0 Å². The van der Waals surface area contributed by atoms with Crippen molar-refractivity contribution in [2.75, 3.05) is 0 Å². The zero-order valence-corrected chi connectivity index (χ0v) is 7.75. The third kappa shape index (κ3) is 2.98. The maximum Gasteiger partial charge on any atom is 0.534 e. The van der Waals surface area contributed by atoms with Crippen LogP contribution in [-0.4, -0.2) is 20.0 Å². The third-order valence-electron chi connectivity index (χ3n) is 1.09. The van der Waals surface area contributed by atoms with Crippen molar-refractivity contribution in [3.63, 3.8) is 0 Å². The quantitative estimate of drug-likeness (QED) is 0.513. The Labute approximate surface area is 82.6 Å². The fraction of sp³-hybridized carbons (Fsp3) is 0.167. The summed E-state index contributed by atoms with van der Waals surface area (Å²) >= 11 is 0. The summed E-state index contributed by atoms with van der Waals surface area (Å²) in [6, 6.07) is 0. The van der Waals surface area contributed by atoms with E-state index in [1.807, 2.05) is 0 Å². The first-order valence-corrected chi connectivity index (χ1v) is 4.81. The third-order valence-corrected chi connectivity index (χ3v) is 2.02. The Bertz CT molecular complexity index is 420. The summed E-state index contributed by atoms with van der Waals surface area (Å²) < 4.78 is 64.4. The fourth-order valence-electron chi connectivity index (χ4n) is 0.509. The molecule has 0 aliphatic carbocycles. The highest BCUT2D eigenvalue weighted by atomic mass is 32.2. The molecule has 1 heterocycles. The van der Waals surface area contributed by atoms with E-state index in [1.165, 1.54) is 12.2 Å². The highest BCUT2D eigenvalue weighted by Crippen LogP contribution is 2.25.